The van der Waals surface area contributed by atoms with E-state index in [4.69, 9.17) is 15.4 Å². The third-order valence-electron chi connectivity index (χ3n) is 2.07. The van der Waals surface area contributed by atoms with Crippen LogP contribution in [-0.2, 0) is 13.8 Å². The number of ether oxygens (including phenoxy) is 1. The lowest BCUT2D eigenvalue weighted by Gasteiger charge is -2.10. The highest BCUT2D eigenvalue weighted by Crippen LogP contribution is 2.30. The standard InChI is InChI=1S/C10H9ClF3NO4S/c1-19-7-3-2-6(4-8(7)20(11,17)18)15-9(16)5-10(12,13)14/h2-4H,5H2,1H3,(H,15,16). The van der Waals surface area contributed by atoms with Crippen molar-refractivity contribution < 1.29 is 31.1 Å². The summed E-state index contributed by atoms with van der Waals surface area (Å²) in [5.74, 6) is -1.41. The topological polar surface area (TPSA) is 72.5 Å². The Balaban J connectivity index is 3.02. The minimum absolute atomic E-state index is 0.0891. The normalized spacial score (nSPS) is 12.1. The molecule has 0 heterocycles. The van der Waals surface area contributed by atoms with Gasteiger partial charge >= 0.3 is 6.18 Å². The summed E-state index contributed by atoms with van der Waals surface area (Å²) < 4.78 is 63.3. The Hall–Kier alpha value is -1.48. The van der Waals surface area contributed by atoms with Gasteiger partial charge in [0.25, 0.3) is 9.05 Å². The Labute approximate surface area is 117 Å². The van der Waals surface area contributed by atoms with Gasteiger partial charge in [0.15, 0.2) is 0 Å². The number of hydrogen-bond donors (Lipinski definition) is 1. The first kappa shape index (κ1) is 16.6. The van der Waals surface area contributed by atoms with E-state index < -0.39 is 32.5 Å². The molecular formula is C10H9ClF3NO4S. The quantitative estimate of drug-likeness (QED) is 0.860. The summed E-state index contributed by atoms with van der Waals surface area (Å²) in [6.45, 7) is 0. The molecule has 0 spiro atoms. The van der Waals surface area contributed by atoms with Gasteiger partial charge in [0.2, 0.25) is 5.91 Å². The molecule has 1 aromatic carbocycles. The highest BCUT2D eigenvalue weighted by Gasteiger charge is 2.31. The maximum Gasteiger partial charge on any atom is 0.397 e. The Bertz CT molecular complexity index is 615. The summed E-state index contributed by atoms with van der Waals surface area (Å²) in [7, 11) is 2.19. The summed E-state index contributed by atoms with van der Waals surface area (Å²) in [5, 5.41) is 1.92. The molecule has 1 amide bonds. The molecule has 1 N–H and O–H groups in total. The van der Waals surface area contributed by atoms with E-state index in [9.17, 15) is 26.4 Å². The van der Waals surface area contributed by atoms with Gasteiger partial charge in [0, 0.05) is 16.4 Å². The van der Waals surface area contributed by atoms with Gasteiger partial charge < -0.3 is 10.1 Å². The number of rotatable bonds is 4. The Kier molecular flexibility index (Phi) is 4.87. The maximum atomic E-state index is 12.0. The predicted molar refractivity (Wildman–Crippen MR) is 65.3 cm³/mol. The molecule has 0 saturated carbocycles. The summed E-state index contributed by atoms with van der Waals surface area (Å²) in [4.78, 5) is 10.6. The molecule has 112 valence electrons. The number of benzene rings is 1. The Morgan fingerprint density at radius 3 is 2.45 bits per heavy atom. The minimum atomic E-state index is -4.65. The first-order valence-corrected chi connectivity index (χ1v) is 7.33. The van der Waals surface area contributed by atoms with E-state index in [-0.39, 0.29) is 11.4 Å². The largest absolute Gasteiger partial charge is 0.495 e. The number of methoxy groups -OCH3 is 1. The van der Waals surface area contributed by atoms with Gasteiger partial charge in [-0.15, -0.1) is 0 Å². The highest BCUT2D eigenvalue weighted by atomic mass is 35.7. The molecule has 0 radical (unpaired) electrons. The van der Waals surface area contributed by atoms with Gasteiger partial charge in [-0.3, -0.25) is 4.79 Å². The summed E-state index contributed by atoms with van der Waals surface area (Å²) in [5.41, 5.74) is -0.140. The number of carbonyl (C=O) groups is 1. The van der Waals surface area contributed by atoms with Gasteiger partial charge in [-0.1, -0.05) is 0 Å². The van der Waals surface area contributed by atoms with E-state index >= 15 is 0 Å². The molecule has 0 unspecified atom stereocenters. The average Bonchev–Trinajstić information content (AvgIpc) is 2.25. The summed E-state index contributed by atoms with van der Waals surface area (Å²) in [6.07, 6.45) is -6.33. The molecule has 0 aliphatic carbocycles. The molecule has 0 saturated heterocycles. The molecule has 20 heavy (non-hydrogen) atoms. The van der Waals surface area contributed by atoms with Gasteiger partial charge in [-0.25, -0.2) is 8.42 Å². The van der Waals surface area contributed by atoms with Crippen molar-refractivity contribution in [3.63, 3.8) is 0 Å². The van der Waals surface area contributed by atoms with Crippen LogP contribution >= 0.6 is 10.7 Å². The van der Waals surface area contributed by atoms with Crippen LogP contribution in [0.2, 0.25) is 0 Å². The number of anilines is 1. The molecule has 5 nitrogen and oxygen atoms in total. The lowest BCUT2D eigenvalue weighted by atomic mass is 10.3. The van der Waals surface area contributed by atoms with Crippen LogP contribution in [0.25, 0.3) is 0 Å². The number of carbonyl (C=O) groups excluding carboxylic acids is 1. The highest BCUT2D eigenvalue weighted by molar-refractivity contribution is 8.13. The molecule has 0 bridgehead atoms. The van der Waals surface area contributed by atoms with Crippen LogP contribution in [0.15, 0.2) is 23.1 Å². The van der Waals surface area contributed by atoms with Crippen LogP contribution in [0.3, 0.4) is 0 Å². The van der Waals surface area contributed by atoms with Crippen molar-refractivity contribution in [2.24, 2.45) is 0 Å². The third-order valence-corrected chi connectivity index (χ3v) is 3.41. The molecule has 1 aromatic rings. The van der Waals surface area contributed by atoms with Crippen LogP contribution in [0.4, 0.5) is 18.9 Å². The average molecular weight is 332 g/mol. The first-order chi connectivity index (χ1) is 9.03. The van der Waals surface area contributed by atoms with Crippen molar-refractivity contribution in [1.82, 2.24) is 0 Å². The van der Waals surface area contributed by atoms with E-state index in [0.717, 1.165) is 6.07 Å². The molecule has 10 heteroatoms. The van der Waals surface area contributed by atoms with Crippen LogP contribution in [-0.4, -0.2) is 27.6 Å². The summed E-state index contributed by atoms with van der Waals surface area (Å²) >= 11 is 0. The van der Waals surface area contributed by atoms with Gasteiger partial charge in [-0.05, 0) is 18.2 Å². The van der Waals surface area contributed by atoms with Crippen molar-refractivity contribution in [2.75, 3.05) is 12.4 Å². The van der Waals surface area contributed by atoms with Crippen molar-refractivity contribution in [2.45, 2.75) is 17.5 Å². The lowest BCUT2D eigenvalue weighted by molar-refractivity contribution is -0.150. The van der Waals surface area contributed by atoms with Crippen molar-refractivity contribution in [3.05, 3.63) is 18.2 Å². The molecule has 1 rings (SSSR count). The van der Waals surface area contributed by atoms with E-state index in [1.165, 1.54) is 19.2 Å². The summed E-state index contributed by atoms with van der Waals surface area (Å²) in [6, 6.07) is 3.27. The zero-order valence-corrected chi connectivity index (χ0v) is 11.6. The van der Waals surface area contributed by atoms with Crippen molar-refractivity contribution in [3.8, 4) is 5.75 Å². The van der Waals surface area contributed by atoms with E-state index in [0.29, 0.717) is 0 Å². The zero-order chi connectivity index (χ0) is 15.6. The predicted octanol–water partition coefficient (Wildman–Crippen LogP) is 2.51. The van der Waals surface area contributed by atoms with Gasteiger partial charge in [-0.2, -0.15) is 13.2 Å². The van der Waals surface area contributed by atoms with Crippen molar-refractivity contribution >= 4 is 31.3 Å². The maximum absolute atomic E-state index is 12.0. The minimum Gasteiger partial charge on any atom is -0.495 e. The second-order valence-corrected chi connectivity index (χ2v) is 6.18. The second-order valence-electron chi connectivity index (χ2n) is 3.64. The number of nitrogens with one attached hydrogen (secondary N) is 1. The molecule has 0 fully saturated rings. The number of halogens is 4. The van der Waals surface area contributed by atoms with E-state index in [1.54, 1.807) is 0 Å². The fourth-order valence-corrected chi connectivity index (χ4v) is 2.35. The SMILES string of the molecule is COc1ccc(NC(=O)CC(F)(F)F)cc1S(=O)(=O)Cl. The molecule has 0 aromatic heterocycles. The zero-order valence-electron chi connectivity index (χ0n) is 9.99. The molecule has 0 atom stereocenters. The van der Waals surface area contributed by atoms with Crippen molar-refractivity contribution in [1.29, 1.82) is 0 Å². The van der Waals surface area contributed by atoms with Crippen LogP contribution < -0.4 is 10.1 Å². The van der Waals surface area contributed by atoms with Crippen LogP contribution in [0.5, 0.6) is 5.75 Å². The molecular weight excluding hydrogens is 323 g/mol. The first-order valence-electron chi connectivity index (χ1n) is 5.02. The monoisotopic (exact) mass is 331 g/mol. The van der Waals surface area contributed by atoms with Gasteiger partial charge in [0.05, 0.1) is 7.11 Å². The van der Waals surface area contributed by atoms with E-state index in [2.05, 4.69) is 0 Å². The van der Waals surface area contributed by atoms with Crippen LogP contribution in [0.1, 0.15) is 6.42 Å². The fourth-order valence-electron chi connectivity index (χ4n) is 1.33. The molecule has 0 aliphatic rings. The number of amides is 1. The smallest absolute Gasteiger partial charge is 0.397 e. The Morgan fingerprint density at radius 2 is 2.00 bits per heavy atom. The second kappa shape index (κ2) is 5.88. The Morgan fingerprint density at radius 1 is 1.40 bits per heavy atom. The lowest BCUT2D eigenvalue weighted by Crippen LogP contribution is -2.21. The number of hydrogen-bond acceptors (Lipinski definition) is 4. The third kappa shape index (κ3) is 4.89. The molecule has 0 aliphatic heterocycles. The van der Waals surface area contributed by atoms with Gasteiger partial charge in [0.1, 0.15) is 17.1 Å². The van der Waals surface area contributed by atoms with Crippen LogP contribution in [0, 0.1) is 0 Å². The fraction of sp³-hybridized carbons (Fsp3) is 0.300. The number of alkyl halides is 3. The van der Waals surface area contributed by atoms with E-state index in [1.807, 2.05) is 5.32 Å².